The van der Waals surface area contributed by atoms with Gasteiger partial charge in [0.05, 0.1) is 6.04 Å². The van der Waals surface area contributed by atoms with Crippen molar-refractivity contribution in [2.45, 2.75) is 64.5 Å². The Hall–Kier alpha value is -1.10. The number of likely N-dealkylation sites (tertiary alicyclic amines) is 1. The van der Waals surface area contributed by atoms with Gasteiger partial charge in [0.25, 0.3) is 0 Å². The van der Waals surface area contributed by atoms with Crippen molar-refractivity contribution in [3.8, 4) is 0 Å². The zero-order valence-electron chi connectivity index (χ0n) is 12.7. The maximum absolute atomic E-state index is 12.1. The van der Waals surface area contributed by atoms with E-state index < -0.39 is 0 Å². The van der Waals surface area contributed by atoms with Crippen LogP contribution in [0.1, 0.15) is 52.4 Å². The Morgan fingerprint density at radius 3 is 2.50 bits per heavy atom. The summed E-state index contributed by atoms with van der Waals surface area (Å²) in [6, 6.07) is -0.320. The zero-order valence-corrected chi connectivity index (χ0v) is 12.7. The smallest absolute Gasteiger partial charge is 0.321 e. The van der Waals surface area contributed by atoms with Crippen LogP contribution < -0.4 is 10.6 Å². The number of rotatable bonds is 3. The lowest BCUT2D eigenvalue weighted by molar-refractivity contribution is -0.125. The highest BCUT2D eigenvalue weighted by molar-refractivity contribution is 5.96. The second kappa shape index (κ2) is 7.07. The highest BCUT2D eigenvalue weighted by Crippen LogP contribution is 2.18. The molecule has 114 valence electrons. The van der Waals surface area contributed by atoms with Crippen LogP contribution in [-0.4, -0.2) is 42.0 Å². The van der Waals surface area contributed by atoms with Crippen LogP contribution in [0.3, 0.4) is 0 Å². The molecule has 1 saturated heterocycles. The van der Waals surface area contributed by atoms with Crippen molar-refractivity contribution in [1.82, 2.24) is 15.5 Å². The van der Waals surface area contributed by atoms with Gasteiger partial charge in [0, 0.05) is 12.6 Å². The number of urea groups is 1. The van der Waals surface area contributed by atoms with Crippen molar-refractivity contribution in [3.05, 3.63) is 0 Å². The third-order valence-electron chi connectivity index (χ3n) is 4.54. The SMILES string of the molecule is C[C@H]1CCCN([C@@H](C)C(=O)NC(=O)NC2CCCC2)C1. The Morgan fingerprint density at radius 1 is 1.15 bits per heavy atom. The minimum absolute atomic E-state index is 0.186. The van der Waals surface area contributed by atoms with Crippen molar-refractivity contribution in [3.63, 3.8) is 0 Å². The molecule has 0 aromatic rings. The summed E-state index contributed by atoms with van der Waals surface area (Å²) in [5.41, 5.74) is 0. The van der Waals surface area contributed by atoms with Gasteiger partial charge in [0.1, 0.15) is 0 Å². The predicted octanol–water partition coefficient (Wildman–Crippen LogP) is 1.88. The van der Waals surface area contributed by atoms with E-state index in [0.717, 1.165) is 32.4 Å². The number of amides is 3. The van der Waals surface area contributed by atoms with Gasteiger partial charge in [-0.05, 0) is 45.1 Å². The Balaban J connectivity index is 1.76. The lowest BCUT2D eigenvalue weighted by Gasteiger charge is -2.34. The maximum atomic E-state index is 12.1. The van der Waals surface area contributed by atoms with Crippen molar-refractivity contribution in [2.75, 3.05) is 13.1 Å². The molecule has 0 bridgehead atoms. The molecule has 1 aliphatic carbocycles. The third-order valence-corrected chi connectivity index (χ3v) is 4.54. The maximum Gasteiger partial charge on any atom is 0.321 e. The van der Waals surface area contributed by atoms with Crippen LogP contribution in [0, 0.1) is 5.92 Å². The van der Waals surface area contributed by atoms with E-state index in [2.05, 4.69) is 22.5 Å². The quantitative estimate of drug-likeness (QED) is 0.830. The second-order valence-electron chi connectivity index (χ2n) is 6.36. The van der Waals surface area contributed by atoms with E-state index in [4.69, 9.17) is 0 Å². The third kappa shape index (κ3) is 4.20. The number of nitrogens with one attached hydrogen (secondary N) is 2. The first-order chi connectivity index (χ1) is 9.56. The van der Waals surface area contributed by atoms with Gasteiger partial charge in [-0.15, -0.1) is 0 Å². The molecule has 2 fully saturated rings. The van der Waals surface area contributed by atoms with Crippen molar-refractivity contribution in [1.29, 1.82) is 0 Å². The van der Waals surface area contributed by atoms with Gasteiger partial charge in [-0.25, -0.2) is 4.79 Å². The molecule has 0 aromatic heterocycles. The number of piperidine rings is 1. The normalized spacial score (nSPS) is 26.2. The van der Waals surface area contributed by atoms with E-state index in [1.165, 1.54) is 19.3 Å². The number of nitrogens with zero attached hydrogens (tertiary/aromatic N) is 1. The number of imide groups is 1. The lowest BCUT2D eigenvalue weighted by atomic mass is 9.99. The van der Waals surface area contributed by atoms with Gasteiger partial charge in [-0.3, -0.25) is 15.0 Å². The molecule has 20 heavy (non-hydrogen) atoms. The summed E-state index contributed by atoms with van der Waals surface area (Å²) >= 11 is 0. The summed E-state index contributed by atoms with van der Waals surface area (Å²) in [6.07, 6.45) is 6.75. The largest absolute Gasteiger partial charge is 0.335 e. The average Bonchev–Trinajstić information content (AvgIpc) is 2.90. The molecule has 0 unspecified atom stereocenters. The number of hydrogen-bond donors (Lipinski definition) is 2. The molecule has 2 atom stereocenters. The molecular formula is C15H27N3O2. The molecule has 5 nitrogen and oxygen atoms in total. The van der Waals surface area contributed by atoms with Gasteiger partial charge >= 0.3 is 6.03 Å². The van der Waals surface area contributed by atoms with Crippen LogP contribution in [0.15, 0.2) is 0 Å². The molecule has 5 heteroatoms. The van der Waals surface area contributed by atoms with Gasteiger partial charge in [-0.2, -0.15) is 0 Å². The molecule has 0 spiro atoms. The number of carbonyl (C=O) groups excluding carboxylic acids is 2. The van der Waals surface area contributed by atoms with Gasteiger partial charge in [-0.1, -0.05) is 19.8 Å². The Morgan fingerprint density at radius 2 is 1.85 bits per heavy atom. The standard InChI is InChI=1S/C15H27N3O2/c1-11-6-5-9-18(10-11)12(2)14(19)17-15(20)16-13-7-3-4-8-13/h11-13H,3-10H2,1-2H3,(H2,16,17,19,20)/t11-,12-/m0/s1. The molecule has 2 aliphatic rings. The Bertz CT molecular complexity index is 353. The minimum atomic E-state index is -0.334. The van der Waals surface area contributed by atoms with E-state index in [1.807, 2.05) is 6.92 Å². The monoisotopic (exact) mass is 281 g/mol. The first-order valence-electron chi connectivity index (χ1n) is 7.91. The molecule has 1 aliphatic heterocycles. The minimum Gasteiger partial charge on any atom is -0.335 e. The molecule has 0 radical (unpaired) electrons. The molecule has 1 saturated carbocycles. The van der Waals surface area contributed by atoms with Crippen LogP contribution in [0.4, 0.5) is 4.79 Å². The number of carbonyl (C=O) groups is 2. The van der Waals surface area contributed by atoms with Gasteiger partial charge < -0.3 is 5.32 Å². The Labute approximate surface area is 121 Å². The molecule has 2 N–H and O–H groups in total. The van der Waals surface area contributed by atoms with Gasteiger partial charge in [0.2, 0.25) is 5.91 Å². The average molecular weight is 281 g/mol. The fraction of sp³-hybridized carbons (Fsp3) is 0.867. The van der Waals surface area contributed by atoms with Crippen LogP contribution in [0.5, 0.6) is 0 Å². The van der Waals surface area contributed by atoms with Crippen molar-refractivity contribution < 1.29 is 9.59 Å². The van der Waals surface area contributed by atoms with Gasteiger partial charge in [0.15, 0.2) is 0 Å². The summed E-state index contributed by atoms with van der Waals surface area (Å²) in [7, 11) is 0. The molecule has 0 aromatic carbocycles. The highest BCUT2D eigenvalue weighted by atomic mass is 16.2. The Kier molecular flexibility index (Phi) is 5.40. The van der Waals surface area contributed by atoms with Crippen molar-refractivity contribution >= 4 is 11.9 Å². The van der Waals surface area contributed by atoms with Crippen LogP contribution in [-0.2, 0) is 4.79 Å². The summed E-state index contributed by atoms with van der Waals surface area (Å²) in [5.74, 6) is 0.445. The topological polar surface area (TPSA) is 61.4 Å². The summed E-state index contributed by atoms with van der Waals surface area (Å²) in [4.78, 5) is 26.1. The van der Waals surface area contributed by atoms with E-state index in [1.54, 1.807) is 0 Å². The van der Waals surface area contributed by atoms with Crippen LogP contribution in [0.25, 0.3) is 0 Å². The molecule has 1 heterocycles. The lowest BCUT2D eigenvalue weighted by Crippen LogP contribution is -2.52. The second-order valence-corrected chi connectivity index (χ2v) is 6.36. The summed E-state index contributed by atoms with van der Waals surface area (Å²) in [6.45, 7) is 5.99. The first kappa shape index (κ1) is 15.3. The fourth-order valence-electron chi connectivity index (χ4n) is 3.25. The van der Waals surface area contributed by atoms with E-state index in [9.17, 15) is 9.59 Å². The fourth-order valence-corrected chi connectivity index (χ4v) is 3.25. The van der Waals surface area contributed by atoms with E-state index >= 15 is 0 Å². The van der Waals surface area contributed by atoms with E-state index in [0.29, 0.717) is 5.92 Å². The zero-order chi connectivity index (χ0) is 14.5. The van der Waals surface area contributed by atoms with Crippen LogP contribution >= 0.6 is 0 Å². The summed E-state index contributed by atoms with van der Waals surface area (Å²) in [5, 5.41) is 5.38. The van der Waals surface area contributed by atoms with Crippen LogP contribution in [0.2, 0.25) is 0 Å². The highest BCUT2D eigenvalue weighted by Gasteiger charge is 2.27. The molecule has 2 rings (SSSR count). The summed E-state index contributed by atoms with van der Waals surface area (Å²) < 4.78 is 0. The van der Waals surface area contributed by atoms with E-state index in [-0.39, 0.29) is 24.0 Å². The molecular weight excluding hydrogens is 254 g/mol. The molecule has 3 amide bonds. The number of hydrogen-bond acceptors (Lipinski definition) is 3. The first-order valence-corrected chi connectivity index (χ1v) is 7.91. The van der Waals surface area contributed by atoms with Crippen molar-refractivity contribution in [2.24, 2.45) is 5.92 Å². The predicted molar refractivity (Wildman–Crippen MR) is 78.4 cm³/mol.